The molecule has 1 saturated carbocycles. The van der Waals surface area contributed by atoms with E-state index >= 15 is 0 Å². The molecule has 0 radical (unpaired) electrons. The van der Waals surface area contributed by atoms with Crippen LogP contribution in [0.5, 0.6) is 0 Å². The molecule has 2 atom stereocenters. The second-order valence-electron chi connectivity index (χ2n) is 6.03. The molecular weight excluding hydrogens is 260 g/mol. The van der Waals surface area contributed by atoms with Gasteiger partial charge in [0.15, 0.2) is 0 Å². The molecule has 21 heavy (non-hydrogen) atoms. The standard InChI is InChI=1S/C18H30N2O/c1-4-11-19-17(18(21-6-3)15-8-9-15)12-16-10-7-14(5-2)13-20-16/h7,10,13,15,17-19H,4-6,8-9,11-12H2,1-3H3. The molecule has 1 aliphatic carbocycles. The Hall–Kier alpha value is -0.930. The topological polar surface area (TPSA) is 34.2 Å². The third-order valence-corrected chi connectivity index (χ3v) is 4.22. The zero-order valence-corrected chi connectivity index (χ0v) is 13.8. The summed E-state index contributed by atoms with van der Waals surface area (Å²) >= 11 is 0. The monoisotopic (exact) mass is 290 g/mol. The molecule has 3 heteroatoms. The molecule has 118 valence electrons. The lowest BCUT2D eigenvalue weighted by Gasteiger charge is -2.28. The van der Waals surface area contributed by atoms with Gasteiger partial charge < -0.3 is 10.1 Å². The first kappa shape index (κ1) is 16.4. The quantitative estimate of drug-likeness (QED) is 0.717. The molecule has 1 heterocycles. The second-order valence-corrected chi connectivity index (χ2v) is 6.03. The molecule has 1 aliphatic rings. The highest BCUT2D eigenvalue weighted by Gasteiger charge is 2.37. The smallest absolute Gasteiger partial charge is 0.0759 e. The van der Waals surface area contributed by atoms with E-state index in [1.54, 1.807) is 0 Å². The van der Waals surface area contributed by atoms with Crippen molar-refractivity contribution in [1.29, 1.82) is 0 Å². The minimum absolute atomic E-state index is 0.342. The average Bonchev–Trinajstić information content (AvgIpc) is 3.34. The van der Waals surface area contributed by atoms with Gasteiger partial charge in [0.05, 0.1) is 6.10 Å². The van der Waals surface area contributed by atoms with Gasteiger partial charge in [-0.1, -0.05) is 19.9 Å². The minimum Gasteiger partial charge on any atom is -0.377 e. The van der Waals surface area contributed by atoms with Crippen LogP contribution in [0.2, 0.25) is 0 Å². The van der Waals surface area contributed by atoms with E-state index in [1.807, 2.05) is 6.20 Å². The molecule has 2 unspecified atom stereocenters. The molecular formula is C18H30N2O. The van der Waals surface area contributed by atoms with Crippen LogP contribution in [0.3, 0.4) is 0 Å². The van der Waals surface area contributed by atoms with Crippen LogP contribution in [0, 0.1) is 5.92 Å². The van der Waals surface area contributed by atoms with Crippen LogP contribution >= 0.6 is 0 Å². The molecule has 1 N–H and O–H groups in total. The van der Waals surface area contributed by atoms with Crippen molar-refractivity contribution in [3.05, 3.63) is 29.6 Å². The fraction of sp³-hybridized carbons (Fsp3) is 0.722. The maximum atomic E-state index is 6.05. The largest absolute Gasteiger partial charge is 0.377 e. The van der Waals surface area contributed by atoms with Crippen LogP contribution in [0.1, 0.15) is 51.3 Å². The number of aromatic nitrogens is 1. The van der Waals surface area contributed by atoms with Gasteiger partial charge in [0.1, 0.15) is 0 Å². The van der Waals surface area contributed by atoms with E-state index in [-0.39, 0.29) is 0 Å². The predicted octanol–water partition coefficient (Wildman–Crippen LogP) is 3.37. The predicted molar refractivity (Wildman–Crippen MR) is 87.5 cm³/mol. The summed E-state index contributed by atoms with van der Waals surface area (Å²) in [5.41, 5.74) is 2.48. The van der Waals surface area contributed by atoms with E-state index in [4.69, 9.17) is 4.74 Å². The molecule has 1 fully saturated rings. The number of nitrogens with one attached hydrogen (secondary N) is 1. The number of rotatable bonds is 10. The third kappa shape index (κ3) is 5.08. The fourth-order valence-corrected chi connectivity index (χ4v) is 2.84. The Morgan fingerprint density at radius 1 is 1.29 bits per heavy atom. The van der Waals surface area contributed by atoms with Crippen LogP contribution in [0.4, 0.5) is 0 Å². The van der Waals surface area contributed by atoms with Gasteiger partial charge in [-0.25, -0.2) is 0 Å². The van der Waals surface area contributed by atoms with Crippen LogP contribution < -0.4 is 5.32 Å². The fourth-order valence-electron chi connectivity index (χ4n) is 2.84. The SMILES string of the molecule is CCCNC(Cc1ccc(CC)cn1)C(OCC)C1CC1. The van der Waals surface area contributed by atoms with Crippen molar-refractivity contribution >= 4 is 0 Å². The Kier molecular flexibility index (Phi) is 6.65. The van der Waals surface area contributed by atoms with Crippen LogP contribution in [-0.2, 0) is 17.6 Å². The molecule has 2 rings (SSSR count). The number of nitrogens with zero attached hydrogens (tertiary/aromatic N) is 1. The van der Waals surface area contributed by atoms with Crippen LogP contribution in [-0.4, -0.2) is 30.3 Å². The summed E-state index contributed by atoms with van der Waals surface area (Å²) in [6, 6.07) is 4.76. The van der Waals surface area contributed by atoms with E-state index in [1.165, 1.54) is 24.1 Å². The molecule has 0 bridgehead atoms. The Morgan fingerprint density at radius 2 is 2.10 bits per heavy atom. The van der Waals surface area contributed by atoms with Gasteiger partial charge >= 0.3 is 0 Å². The van der Waals surface area contributed by atoms with Crippen LogP contribution in [0.15, 0.2) is 18.3 Å². The molecule has 0 amide bonds. The van der Waals surface area contributed by atoms with Gasteiger partial charge in [-0.15, -0.1) is 0 Å². The van der Waals surface area contributed by atoms with E-state index in [2.05, 4.69) is 43.2 Å². The van der Waals surface area contributed by atoms with Crippen molar-refractivity contribution in [3.63, 3.8) is 0 Å². The number of hydrogen-bond donors (Lipinski definition) is 1. The van der Waals surface area contributed by atoms with Gasteiger partial charge in [0, 0.05) is 31.0 Å². The molecule has 0 spiro atoms. The normalized spacial score (nSPS) is 17.7. The number of aryl methyl sites for hydroxylation is 1. The highest BCUT2D eigenvalue weighted by Crippen LogP contribution is 2.36. The molecule has 0 saturated heterocycles. The van der Waals surface area contributed by atoms with E-state index < -0.39 is 0 Å². The van der Waals surface area contributed by atoms with E-state index in [9.17, 15) is 0 Å². The van der Waals surface area contributed by atoms with Gasteiger partial charge in [0.25, 0.3) is 0 Å². The third-order valence-electron chi connectivity index (χ3n) is 4.22. The van der Waals surface area contributed by atoms with Crippen molar-refractivity contribution in [1.82, 2.24) is 10.3 Å². The van der Waals surface area contributed by atoms with Crippen molar-refractivity contribution in [2.24, 2.45) is 5.92 Å². The molecule has 3 nitrogen and oxygen atoms in total. The first-order valence-corrected chi connectivity index (χ1v) is 8.57. The zero-order valence-electron chi connectivity index (χ0n) is 13.8. The van der Waals surface area contributed by atoms with Gasteiger partial charge in [0.2, 0.25) is 0 Å². The summed E-state index contributed by atoms with van der Waals surface area (Å²) in [4.78, 5) is 4.62. The number of pyridine rings is 1. The minimum atomic E-state index is 0.342. The Labute approximate surface area is 129 Å². The highest BCUT2D eigenvalue weighted by atomic mass is 16.5. The second kappa shape index (κ2) is 8.50. The number of ether oxygens (including phenoxy) is 1. The van der Waals surface area contributed by atoms with Gasteiger partial charge in [-0.05, 0) is 56.7 Å². The van der Waals surface area contributed by atoms with Crippen LogP contribution in [0.25, 0.3) is 0 Å². The Morgan fingerprint density at radius 3 is 2.62 bits per heavy atom. The molecule has 0 aliphatic heterocycles. The summed E-state index contributed by atoms with van der Waals surface area (Å²) in [7, 11) is 0. The molecule has 1 aromatic heterocycles. The Balaban J connectivity index is 2.02. The van der Waals surface area contributed by atoms with Crippen molar-refractivity contribution < 1.29 is 4.74 Å². The van der Waals surface area contributed by atoms with Gasteiger partial charge in [-0.2, -0.15) is 0 Å². The van der Waals surface area contributed by atoms with E-state index in [0.717, 1.165) is 38.3 Å². The molecule has 0 aromatic carbocycles. The average molecular weight is 290 g/mol. The van der Waals surface area contributed by atoms with E-state index in [0.29, 0.717) is 12.1 Å². The van der Waals surface area contributed by atoms with Crippen molar-refractivity contribution in [2.75, 3.05) is 13.2 Å². The lowest BCUT2D eigenvalue weighted by molar-refractivity contribution is 0.0190. The highest BCUT2D eigenvalue weighted by molar-refractivity contribution is 5.15. The summed E-state index contributed by atoms with van der Waals surface area (Å²) < 4.78 is 6.05. The zero-order chi connectivity index (χ0) is 15.1. The lowest BCUT2D eigenvalue weighted by Crippen LogP contribution is -2.44. The summed E-state index contributed by atoms with van der Waals surface area (Å²) in [6.45, 7) is 8.33. The maximum absolute atomic E-state index is 6.05. The van der Waals surface area contributed by atoms with Gasteiger partial charge in [-0.3, -0.25) is 4.98 Å². The van der Waals surface area contributed by atoms with Crippen molar-refractivity contribution in [3.8, 4) is 0 Å². The first-order valence-electron chi connectivity index (χ1n) is 8.57. The Bertz CT molecular complexity index is 400. The number of hydrogen-bond acceptors (Lipinski definition) is 3. The first-order chi connectivity index (χ1) is 10.3. The lowest BCUT2D eigenvalue weighted by atomic mass is 10.00. The summed E-state index contributed by atoms with van der Waals surface area (Å²) in [5, 5.41) is 3.69. The summed E-state index contributed by atoms with van der Waals surface area (Å²) in [6.07, 6.45) is 8.16. The summed E-state index contributed by atoms with van der Waals surface area (Å²) in [5.74, 6) is 0.745. The molecule has 1 aromatic rings. The van der Waals surface area contributed by atoms with Crippen molar-refractivity contribution in [2.45, 2.75) is 65.0 Å². The maximum Gasteiger partial charge on any atom is 0.0759 e.